The van der Waals surface area contributed by atoms with Gasteiger partial charge in [-0.15, -0.1) is 0 Å². The fourth-order valence-corrected chi connectivity index (χ4v) is 5.30. The number of benzene rings is 2. The number of ether oxygens (including phenoxy) is 1. The Morgan fingerprint density at radius 3 is 2.53 bits per heavy atom. The van der Waals surface area contributed by atoms with Crippen molar-refractivity contribution in [1.82, 2.24) is 19.7 Å². The number of anilines is 1. The monoisotopic (exact) mass is 475 g/mol. The van der Waals surface area contributed by atoms with Gasteiger partial charge in [0.25, 0.3) is 5.91 Å². The van der Waals surface area contributed by atoms with E-state index in [0.29, 0.717) is 12.3 Å². The van der Waals surface area contributed by atoms with E-state index in [1.54, 1.807) is 11.3 Å². The summed E-state index contributed by atoms with van der Waals surface area (Å²) < 4.78 is 8.90. The number of aromatic nitrogens is 3. The number of carbonyl (C=O) groups is 1. The van der Waals surface area contributed by atoms with Crippen molar-refractivity contribution >= 4 is 32.7 Å². The molecule has 5 rings (SSSR count). The lowest BCUT2D eigenvalue weighted by molar-refractivity contribution is -0.137. The maximum absolute atomic E-state index is 13.0. The zero-order valence-corrected chi connectivity index (χ0v) is 20.6. The summed E-state index contributed by atoms with van der Waals surface area (Å²) in [7, 11) is 0. The van der Waals surface area contributed by atoms with Crippen LogP contribution in [0.3, 0.4) is 0 Å². The van der Waals surface area contributed by atoms with Gasteiger partial charge in [0.05, 0.1) is 16.1 Å². The van der Waals surface area contributed by atoms with E-state index in [1.807, 2.05) is 53.8 Å². The predicted octanol–water partition coefficient (Wildman–Crippen LogP) is 4.61. The normalized spacial score (nSPS) is 15.4. The third-order valence-electron chi connectivity index (χ3n) is 6.14. The van der Waals surface area contributed by atoms with Gasteiger partial charge in [-0.05, 0) is 51.5 Å². The van der Waals surface area contributed by atoms with Crippen LogP contribution >= 0.6 is 11.3 Å². The van der Waals surface area contributed by atoms with Crippen LogP contribution in [0.15, 0.2) is 54.6 Å². The van der Waals surface area contributed by atoms with Crippen molar-refractivity contribution in [3.8, 4) is 11.4 Å². The largest absolute Gasteiger partial charge is 0.481 e. The Morgan fingerprint density at radius 2 is 1.76 bits per heavy atom. The molecule has 8 heteroatoms. The molecule has 0 spiro atoms. The number of thiazole rings is 1. The molecule has 1 saturated heterocycles. The Morgan fingerprint density at radius 1 is 1.00 bits per heavy atom. The Balaban J connectivity index is 1.30. The van der Waals surface area contributed by atoms with E-state index in [4.69, 9.17) is 14.8 Å². The first-order chi connectivity index (χ1) is 16.5. The highest BCUT2D eigenvalue weighted by molar-refractivity contribution is 7.22. The van der Waals surface area contributed by atoms with Gasteiger partial charge in [0.1, 0.15) is 5.75 Å². The lowest BCUT2D eigenvalue weighted by Crippen LogP contribution is -2.42. The van der Waals surface area contributed by atoms with Crippen LogP contribution in [0.1, 0.15) is 24.6 Å². The molecule has 0 bridgehead atoms. The number of fused-ring (bicyclic) bond motifs is 1. The highest BCUT2D eigenvalue weighted by Crippen LogP contribution is 2.33. The van der Waals surface area contributed by atoms with Gasteiger partial charge >= 0.3 is 0 Å². The van der Waals surface area contributed by atoms with Gasteiger partial charge in [0.15, 0.2) is 16.9 Å². The molecule has 1 aliphatic heterocycles. The van der Waals surface area contributed by atoms with Crippen LogP contribution in [0, 0.1) is 13.8 Å². The summed E-state index contributed by atoms with van der Waals surface area (Å²) in [5.41, 5.74) is 4.11. The minimum Gasteiger partial charge on any atom is -0.481 e. The van der Waals surface area contributed by atoms with E-state index in [0.717, 1.165) is 52.9 Å². The Hall–Kier alpha value is -3.39. The van der Waals surface area contributed by atoms with E-state index < -0.39 is 6.10 Å². The molecule has 0 aliphatic carbocycles. The molecule has 2 aromatic carbocycles. The molecule has 1 amide bonds. The Kier molecular flexibility index (Phi) is 6.24. The van der Waals surface area contributed by atoms with Gasteiger partial charge < -0.3 is 14.5 Å². The van der Waals surface area contributed by atoms with Crippen molar-refractivity contribution in [1.29, 1.82) is 0 Å². The van der Waals surface area contributed by atoms with Crippen LogP contribution in [0.25, 0.3) is 16.0 Å². The SMILES string of the molecule is Cc1ccc(-n2nc(C)c3sc(N4CCCN(C(=O)[C@@H](C)Oc5ccccc5)CC4)nc32)cc1. The van der Waals surface area contributed by atoms with Crippen LogP contribution in [0.5, 0.6) is 5.75 Å². The molecule has 1 fully saturated rings. The maximum Gasteiger partial charge on any atom is 0.263 e. The van der Waals surface area contributed by atoms with Crippen molar-refractivity contribution in [3.05, 3.63) is 65.9 Å². The number of nitrogens with zero attached hydrogens (tertiary/aromatic N) is 5. The van der Waals surface area contributed by atoms with Gasteiger partial charge in [0, 0.05) is 26.2 Å². The Bertz CT molecular complexity index is 1280. The van der Waals surface area contributed by atoms with E-state index in [9.17, 15) is 4.79 Å². The highest BCUT2D eigenvalue weighted by Gasteiger charge is 2.26. The molecule has 0 unspecified atom stereocenters. The van der Waals surface area contributed by atoms with Gasteiger partial charge in [-0.25, -0.2) is 4.68 Å². The number of amides is 1. The van der Waals surface area contributed by atoms with E-state index in [1.165, 1.54) is 5.56 Å². The van der Waals surface area contributed by atoms with Crippen molar-refractivity contribution in [2.75, 3.05) is 31.1 Å². The zero-order valence-electron chi connectivity index (χ0n) is 19.8. The van der Waals surface area contributed by atoms with E-state index in [-0.39, 0.29) is 5.91 Å². The van der Waals surface area contributed by atoms with Crippen molar-refractivity contribution < 1.29 is 9.53 Å². The van der Waals surface area contributed by atoms with Crippen LogP contribution < -0.4 is 9.64 Å². The smallest absolute Gasteiger partial charge is 0.263 e. The zero-order chi connectivity index (χ0) is 23.7. The molecule has 3 heterocycles. The second-order valence-electron chi connectivity index (χ2n) is 8.72. The van der Waals surface area contributed by atoms with Crippen LogP contribution in [0.4, 0.5) is 5.13 Å². The lowest BCUT2D eigenvalue weighted by atomic mass is 10.2. The summed E-state index contributed by atoms with van der Waals surface area (Å²) in [6.07, 6.45) is 0.377. The predicted molar refractivity (Wildman–Crippen MR) is 136 cm³/mol. The summed E-state index contributed by atoms with van der Waals surface area (Å²) in [5, 5.41) is 5.71. The molecular formula is C26H29N5O2S. The van der Waals surface area contributed by atoms with Crippen LogP contribution in [-0.2, 0) is 4.79 Å². The molecule has 1 aliphatic rings. The van der Waals surface area contributed by atoms with Gasteiger partial charge in [0.2, 0.25) is 0 Å². The first kappa shape index (κ1) is 22.4. The molecular weight excluding hydrogens is 446 g/mol. The summed E-state index contributed by atoms with van der Waals surface area (Å²) in [5.74, 6) is 0.744. The van der Waals surface area contributed by atoms with Gasteiger partial charge in [-0.1, -0.05) is 47.2 Å². The number of para-hydroxylation sites is 1. The molecule has 0 N–H and O–H groups in total. The molecule has 34 heavy (non-hydrogen) atoms. The molecule has 7 nitrogen and oxygen atoms in total. The topological polar surface area (TPSA) is 63.5 Å². The number of hydrogen-bond donors (Lipinski definition) is 0. The summed E-state index contributed by atoms with van der Waals surface area (Å²) >= 11 is 1.68. The van der Waals surface area contributed by atoms with E-state index >= 15 is 0 Å². The second-order valence-corrected chi connectivity index (χ2v) is 9.70. The van der Waals surface area contributed by atoms with Crippen molar-refractivity contribution in [2.24, 2.45) is 0 Å². The fourth-order valence-electron chi connectivity index (χ4n) is 4.26. The summed E-state index contributed by atoms with van der Waals surface area (Å²) in [6, 6.07) is 17.8. The number of hydrogen-bond acceptors (Lipinski definition) is 6. The molecule has 0 saturated carbocycles. The minimum atomic E-state index is -0.514. The summed E-state index contributed by atoms with van der Waals surface area (Å²) in [4.78, 5) is 22.2. The maximum atomic E-state index is 13.0. The first-order valence-corrected chi connectivity index (χ1v) is 12.5. The van der Waals surface area contributed by atoms with E-state index in [2.05, 4.69) is 36.1 Å². The number of aryl methyl sites for hydroxylation is 2. The second kappa shape index (κ2) is 9.46. The Labute approximate surface area is 203 Å². The lowest BCUT2D eigenvalue weighted by Gasteiger charge is -2.25. The average Bonchev–Trinajstić information content (AvgIpc) is 3.30. The van der Waals surface area contributed by atoms with Crippen LogP contribution in [0.2, 0.25) is 0 Å². The van der Waals surface area contributed by atoms with Gasteiger partial charge in [-0.2, -0.15) is 10.1 Å². The standard InChI is InChI=1S/C26H29N5O2S/c1-18-10-12-21(13-11-18)31-24-23(19(2)28-31)34-26(27-24)30-15-7-14-29(16-17-30)25(32)20(3)33-22-8-5-4-6-9-22/h4-6,8-13,20H,7,14-17H2,1-3H3/t20-/m1/s1. The molecule has 4 aromatic rings. The average molecular weight is 476 g/mol. The third kappa shape index (κ3) is 4.50. The first-order valence-electron chi connectivity index (χ1n) is 11.7. The number of rotatable bonds is 5. The molecule has 2 aromatic heterocycles. The fraction of sp³-hybridized carbons (Fsp3) is 0.346. The quantitative estimate of drug-likeness (QED) is 0.422. The summed E-state index contributed by atoms with van der Waals surface area (Å²) in [6.45, 7) is 8.93. The van der Waals surface area contributed by atoms with Crippen molar-refractivity contribution in [2.45, 2.75) is 33.3 Å². The minimum absolute atomic E-state index is 0.0286. The number of carbonyl (C=O) groups excluding carboxylic acids is 1. The van der Waals surface area contributed by atoms with Crippen LogP contribution in [-0.4, -0.2) is 57.9 Å². The molecule has 176 valence electrons. The molecule has 1 atom stereocenters. The molecule has 0 radical (unpaired) electrons. The highest BCUT2D eigenvalue weighted by atomic mass is 32.1. The third-order valence-corrected chi connectivity index (χ3v) is 7.35. The van der Waals surface area contributed by atoms with Gasteiger partial charge in [-0.3, -0.25) is 4.79 Å². The van der Waals surface area contributed by atoms with Crippen molar-refractivity contribution in [3.63, 3.8) is 0 Å².